The number of hydrogen-bond donors (Lipinski definition) is 1. The predicted molar refractivity (Wildman–Crippen MR) is 101 cm³/mol. The van der Waals surface area contributed by atoms with Crippen LogP contribution in [0.15, 0.2) is 48.5 Å². The first-order valence-corrected chi connectivity index (χ1v) is 8.87. The van der Waals surface area contributed by atoms with E-state index in [-0.39, 0.29) is 6.10 Å². The lowest BCUT2D eigenvalue weighted by Gasteiger charge is -2.16. The average molecular weight is 362 g/mol. The molecule has 0 radical (unpaired) electrons. The molecule has 0 bridgehead atoms. The summed E-state index contributed by atoms with van der Waals surface area (Å²) < 4.78 is 11.6. The second-order valence-corrected chi connectivity index (χ2v) is 6.60. The largest absolute Gasteiger partial charge is 0.488 e. The van der Waals surface area contributed by atoms with Gasteiger partial charge in [-0.15, -0.1) is 0 Å². The van der Waals surface area contributed by atoms with E-state index in [1.54, 1.807) is 0 Å². The van der Waals surface area contributed by atoms with Gasteiger partial charge >= 0.3 is 0 Å². The molecule has 1 aliphatic heterocycles. The zero-order chi connectivity index (χ0) is 16.8. The monoisotopic (exact) mass is 361 g/mol. The van der Waals surface area contributed by atoms with E-state index in [0.29, 0.717) is 11.6 Å². The average Bonchev–Trinajstić information content (AvgIpc) is 3.13. The maximum atomic E-state index is 5.95. The summed E-state index contributed by atoms with van der Waals surface area (Å²) in [6.07, 6.45) is 2.47. The Morgan fingerprint density at radius 3 is 2.75 bits per heavy atom. The van der Waals surface area contributed by atoms with Crippen molar-refractivity contribution in [3.05, 3.63) is 64.7 Å². The van der Waals surface area contributed by atoms with Crippen molar-refractivity contribution < 1.29 is 9.47 Å². The second-order valence-electron chi connectivity index (χ2n) is 5.76. The third kappa shape index (κ3) is 4.69. The van der Waals surface area contributed by atoms with Crippen molar-refractivity contribution in [2.24, 2.45) is 0 Å². The van der Waals surface area contributed by atoms with Crippen molar-refractivity contribution in [3.8, 4) is 5.75 Å². The Morgan fingerprint density at radius 1 is 1.21 bits per heavy atom. The highest BCUT2D eigenvalue weighted by atomic mass is 35.5. The van der Waals surface area contributed by atoms with Crippen LogP contribution in [0.3, 0.4) is 0 Å². The van der Waals surface area contributed by atoms with Gasteiger partial charge in [0.05, 0.1) is 11.7 Å². The number of hydrogen-bond acceptors (Lipinski definition) is 3. The molecule has 24 heavy (non-hydrogen) atoms. The number of para-hydroxylation sites is 1. The molecule has 0 unspecified atom stereocenters. The van der Waals surface area contributed by atoms with Gasteiger partial charge in [0.2, 0.25) is 0 Å². The molecule has 1 saturated heterocycles. The summed E-state index contributed by atoms with van der Waals surface area (Å²) >= 11 is 11.4. The maximum absolute atomic E-state index is 5.95. The van der Waals surface area contributed by atoms with Crippen molar-refractivity contribution in [2.45, 2.75) is 25.6 Å². The van der Waals surface area contributed by atoms with Crippen molar-refractivity contribution in [1.29, 1.82) is 0 Å². The first kappa shape index (κ1) is 17.2. The summed E-state index contributed by atoms with van der Waals surface area (Å²) in [5.41, 5.74) is 1.96. The molecular formula is C19H20ClNO2S. The summed E-state index contributed by atoms with van der Waals surface area (Å²) in [5, 5.41) is 4.02. The van der Waals surface area contributed by atoms with Gasteiger partial charge in [-0.1, -0.05) is 48.1 Å². The van der Waals surface area contributed by atoms with Gasteiger partial charge in [-0.25, -0.2) is 0 Å². The van der Waals surface area contributed by atoms with Crippen LogP contribution in [-0.4, -0.2) is 24.2 Å². The van der Waals surface area contributed by atoms with Gasteiger partial charge in [0.15, 0.2) is 0 Å². The third-order valence-electron chi connectivity index (χ3n) is 3.95. The van der Waals surface area contributed by atoms with Crippen molar-refractivity contribution in [3.63, 3.8) is 0 Å². The van der Waals surface area contributed by atoms with Crippen LogP contribution in [0, 0.1) is 0 Å². The van der Waals surface area contributed by atoms with E-state index >= 15 is 0 Å². The summed E-state index contributed by atoms with van der Waals surface area (Å²) in [5.74, 6) is 0.775. The van der Waals surface area contributed by atoms with Crippen LogP contribution in [0.4, 0.5) is 0 Å². The first-order valence-electron chi connectivity index (χ1n) is 8.08. The lowest BCUT2D eigenvalue weighted by atomic mass is 10.2. The van der Waals surface area contributed by atoms with E-state index in [1.165, 1.54) is 0 Å². The molecule has 2 aromatic carbocycles. The summed E-state index contributed by atoms with van der Waals surface area (Å²) in [6, 6.07) is 15.5. The fraction of sp³-hybridized carbons (Fsp3) is 0.316. The van der Waals surface area contributed by atoms with E-state index < -0.39 is 0 Å². The van der Waals surface area contributed by atoms with Gasteiger partial charge in [0.1, 0.15) is 17.3 Å². The molecule has 2 aromatic rings. The molecule has 126 valence electrons. The van der Waals surface area contributed by atoms with E-state index in [4.69, 9.17) is 33.3 Å². The summed E-state index contributed by atoms with van der Waals surface area (Å²) in [7, 11) is 0. The number of halogens is 1. The smallest absolute Gasteiger partial charge is 0.129 e. The van der Waals surface area contributed by atoms with Crippen molar-refractivity contribution in [1.82, 2.24) is 5.32 Å². The Hall–Kier alpha value is -1.62. The van der Waals surface area contributed by atoms with E-state index in [0.717, 1.165) is 47.9 Å². The molecule has 1 aliphatic rings. The highest BCUT2D eigenvalue weighted by Gasteiger charge is 2.16. The second kappa shape index (κ2) is 8.47. The first-order chi connectivity index (χ1) is 11.7. The normalized spacial score (nSPS) is 16.8. The molecule has 1 atom stereocenters. The number of nitrogens with one attached hydrogen (secondary N) is 1. The lowest BCUT2D eigenvalue weighted by Crippen LogP contribution is -2.31. The molecule has 1 fully saturated rings. The third-order valence-corrected chi connectivity index (χ3v) is 4.57. The van der Waals surface area contributed by atoms with Gasteiger partial charge in [-0.05, 0) is 42.7 Å². The van der Waals surface area contributed by atoms with Crippen molar-refractivity contribution in [2.75, 3.05) is 13.2 Å². The quantitative estimate of drug-likeness (QED) is 0.774. The molecule has 0 saturated carbocycles. The molecule has 3 rings (SSSR count). The number of thiocarbonyl (C=S) groups is 1. The van der Waals surface area contributed by atoms with Crippen LogP contribution in [0.25, 0.3) is 0 Å². The lowest BCUT2D eigenvalue weighted by molar-refractivity contribution is 0.114. The Kier molecular flexibility index (Phi) is 6.07. The molecule has 5 heteroatoms. The van der Waals surface area contributed by atoms with Crippen LogP contribution in [0.5, 0.6) is 5.75 Å². The van der Waals surface area contributed by atoms with Crippen LogP contribution in [-0.2, 0) is 11.3 Å². The number of rotatable bonds is 6. The minimum absolute atomic E-state index is 0.255. The Morgan fingerprint density at radius 2 is 2.00 bits per heavy atom. The Balaban J connectivity index is 1.61. The van der Waals surface area contributed by atoms with Gasteiger partial charge in [0.25, 0.3) is 0 Å². The van der Waals surface area contributed by atoms with Crippen LogP contribution in [0.2, 0.25) is 5.02 Å². The maximum Gasteiger partial charge on any atom is 0.129 e. The Bertz CT molecular complexity index is 684. The molecule has 1 heterocycles. The van der Waals surface area contributed by atoms with Gasteiger partial charge < -0.3 is 14.8 Å². The molecule has 0 aromatic heterocycles. The highest BCUT2D eigenvalue weighted by molar-refractivity contribution is 7.80. The van der Waals surface area contributed by atoms with E-state index in [1.807, 2.05) is 48.5 Å². The molecular weight excluding hydrogens is 342 g/mol. The fourth-order valence-corrected chi connectivity index (χ4v) is 3.01. The molecule has 3 nitrogen and oxygen atoms in total. The molecule has 0 spiro atoms. The zero-order valence-corrected chi connectivity index (χ0v) is 14.9. The summed E-state index contributed by atoms with van der Waals surface area (Å²) in [6.45, 7) is 2.06. The van der Waals surface area contributed by atoms with Crippen LogP contribution < -0.4 is 10.1 Å². The predicted octanol–water partition coefficient (Wildman–Crippen LogP) is 4.36. The SMILES string of the molecule is S=C(NC[C@@H]1CCCO1)c1ccccc1OCc1ccc(Cl)cc1. The van der Waals surface area contributed by atoms with Crippen molar-refractivity contribution >= 4 is 28.8 Å². The number of ether oxygens (including phenoxy) is 2. The standard InChI is InChI=1S/C19H20ClNO2S/c20-15-9-7-14(8-10-15)13-23-18-6-2-1-5-17(18)19(24)21-12-16-4-3-11-22-16/h1-2,5-10,16H,3-4,11-13H2,(H,21,24)/t16-/m0/s1. The van der Waals surface area contributed by atoms with Gasteiger partial charge in [0, 0.05) is 18.2 Å². The molecule has 0 aliphatic carbocycles. The van der Waals surface area contributed by atoms with E-state index in [2.05, 4.69) is 5.32 Å². The van der Waals surface area contributed by atoms with Crippen LogP contribution >= 0.6 is 23.8 Å². The highest BCUT2D eigenvalue weighted by Crippen LogP contribution is 2.21. The summed E-state index contributed by atoms with van der Waals surface area (Å²) in [4.78, 5) is 0.692. The minimum Gasteiger partial charge on any atom is -0.488 e. The Labute approximate surface area is 152 Å². The van der Waals surface area contributed by atoms with Gasteiger partial charge in [-0.3, -0.25) is 0 Å². The van der Waals surface area contributed by atoms with Gasteiger partial charge in [-0.2, -0.15) is 0 Å². The van der Waals surface area contributed by atoms with E-state index in [9.17, 15) is 0 Å². The molecule has 1 N–H and O–H groups in total. The fourth-order valence-electron chi connectivity index (χ4n) is 2.63. The number of benzene rings is 2. The van der Waals surface area contributed by atoms with Crippen LogP contribution in [0.1, 0.15) is 24.0 Å². The zero-order valence-electron chi connectivity index (χ0n) is 13.3. The molecule has 0 amide bonds. The topological polar surface area (TPSA) is 30.5 Å². The minimum atomic E-state index is 0.255.